The molecule has 4 heteroatoms. The summed E-state index contributed by atoms with van der Waals surface area (Å²) >= 11 is 1.81. The molecule has 2 nitrogen and oxygen atoms in total. The third-order valence-electron chi connectivity index (χ3n) is 3.65. The molecule has 0 spiro atoms. The zero-order valence-corrected chi connectivity index (χ0v) is 14.8. The molecular formula is C17H29FN2S. The number of anilines is 1. The molecule has 1 unspecified atom stereocenters. The lowest BCUT2D eigenvalue weighted by Gasteiger charge is -2.29. The Kier molecular flexibility index (Phi) is 8.12. The predicted octanol–water partition coefficient (Wildman–Crippen LogP) is 4.15. The summed E-state index contributed by atoms with van der Waals surface area (Å²) < 4.78 is 14.3. The van der Waals surface area contributed by atoms with Crippen LogP contribution in [0.3, 0.4) is 0 Å². The van der Waals surface area contributed by atoms with Gasteiger partial charge in [-0.15, -0.1) is 0 Å². The minimum absolute atomic E-state index is 0.124. The maximum atomic E-state index is 14.3. The van der Waals surface area contributed by atoms with Gasteiger partial charge in [0.05, 0.1) is 5.69 Å². The molecule has 0 bridgehead atoms. The molecule has 0 amide bonds. The summed E-state index contributed by atoms with van der Waals surface area (Å²) in [7, 11) is 1.99. The smallest absolute Gasteiger partial charge is 0.146 e. The van der Waals surface area contributed by atoms with Crippen molar-refractivity contribution in [3.05, 3.63) is 29.6 Å². The van der Waals surface area contributed by atoms with Crippen LogP contribution in [-0.4, -0.2) is 31.6 Å². The van der Waals surface area contributed by atoms with Gasteiger partial charge in [-0.1, -0.05) is 26.8 Å². The molecule has 0 aliphatic carbocycles. The first-order valence-corrected chi connectivity index (χ1v) is 9.09. The quantitative estimate of drug-likeness (QED) is 0.737. The summed E-state index contributed by atoms with van der Waals surface area (Å²) in [6.45, 7) is 8.17. The van der Waals surface area contributed by atoms with Gasteiger partial charge in [0, 0.05) is 25.4 Å². The lowest BCUT2D eigenvalue weighted by atomic mass is 10.1. The van der Waals surface area contributed by atoms with Gasteiger partial charge in [0.1, 0.15) is 5.82 Å². The maximum absolute atomic E-state index is 14.3. The Hall–Kier alpha value is -0.740. The van der Waals surface area contributed by atoms with Gasteiger partial charge in [-0.2, -0.15) is 11.8 Å². The van der Waals surface area contributed by atoms with Crippen LogP contribution in [0.25, 0.3) is 0 Å². The Bertz CT molecular complexity index is 423. The van der Waals surface area contributed by atoms with E-state index in [1.165, 1.54) is 0 Å². The third kappa shape index (κ3) is 5.87. The average Bonchev–Trinajstić information content (AvgIpc) is 2.44. The van der Waals surface area contributed by atoms with Crippen molar-refractivity contribution in [2.24, 2.45) is 5.92 Å². The van der Waals surface area contributed by atoms with Crippen LogP contribution in [0.4, 0.5) is 10.1 Å². The zero-order chi connectivity index (χ0) is 15.8. The van der Waals surface area contributed by atoms with Crippen LogP contribution in [0, 0.1) is 11.7 Å². The molecule has 0 saturated heterocycles. The molecule has 1 rings (SSSR count). The molecule has 1 atom stereocenters. The summed E-state index contributed by atoms with van der Waals surface area (Å²) in [6.07, 6.45) is 3.12. The number of nitrogens with one attached hydrogen (secondary N) is 1. The van der Waals surface area contributed by atoms with E-state index in [4.69, 9.17) is 0 Å². The number of hydrogen-bond donors (Lipinski definition) is 1. The fraction of sp³-hybridized carbons (Fsp3) is 0.647. The number of hydrogen-bond acceptors (Lipinski definition) is 3. The van der Waals surface area contributed by atoms with Gasteiger partial charge in [0.15, 0.2) is 0 Å². The maximum Gasteiger partial charge on any atom is 0.146 e. The lowest BCUT2D eigenvalue weighted by Crippen LogP contribution is -2.33. The van der Waals surface area contributed by atoms with Gasteiger partial charge in [-0.05, 0) is 42.8 Å². The first kappa shape index (κ1) is 18.3. The number of rotatable bonds is 9. The fourth-order valence-electron chi connectivity index (χ4n) is 2.34. The van der Waals surface area contributed by atoms with Crippen LogP contribution in [-0.2, 0) is 6.54 Å². The van der Waals surface area contributed by atoms with E-state index in [0.29, 0.717) is 17.6 Å². The highest BCUT2D eigenvalue weighted by Gasteiger charge is 2.16. The first-order valence-electron chi connectivity index (χ1n) is 7.70. The number of thioether (sulfide) groups is 1. The molecule has 1 aromatic rings. The fourth-order valence-corrected chi connectivity index (χ4v) is 3.19. The molecule has 0 fully saturated rings. The van der Waals surface area contributed by atoms with Crippen molar-refractivity contribution in [2.75, 3.05) is 30.5 Å². The summed E-state index contributed by atoms with van der Waals surface area (Å²) in [5.74, 6) is 1.50. The molecule has 0 aliphatic heterocycles. The zero-order valence-electron chi connectivity index (χ0n) is 13.9. The SMILES string of the molecule is CCC(CSC)N(C)c1ccc(CNCC(C)C)cc1F. The molecule has 0 aliphatic rings. The number of benzene rings is 1. The minimum Gasteiger partial charge on any atom is -0.368 e. The van der Waals surface area contributed by atoms with Crippen LogP contribution >= 0.6 is 11.8 Å². The van der Waals surface area contributed by atoms with Crippen molar-refractivity contribution in [1.82, 2.24) is 5.32 Å². The summed E-state index contributed by atoms with van der Waals surface area (Å²) in [5.41, 5.74) is 1.70. The molecule has 1 N–H and O–H groups in total. The van der Waals surface area contributed by atoms with E-state index >= 15 is 0 Å². The van der Waals surface area contributed by atoms with Crippen molar-refractivity contribution >= 4 is 17.4 Å². The molecule has 1 aromatic carbocycles. The summed E-state index contributed by atoms with van der Waals surface area (Å²) in [4.78, 5) is 2.07. The van der Waals surface area contributed by atoms with Crippen molar-refractivity contribution in [3.8, 4) is 0 Å². The largest absolute Gasteiger partial charge is 0.368 e. The Labute approximate surface area is 133 Å². The van der Waals surface area contributed by atoms with E-state index in [1.54, 1.807) is 17.8 Å². The van der Waals surface area contributed by atoms with E-state index < -0.39 is 0 Å². The minimum atomic E-state index is -0.124. The Balaban J connectivity index is 2.72. The second-order valence-corrected chi connectivity index (χ2v) is 6.85. The Morgan fingerprint density at radius 2 is 2.05 bits per heavy atom. The van der Waals surface area contributed by atoms with Gasteiger partial charge in [0.25, 0.3) is 0 Å². The highest BCUT2D eigenvalue weighted by Crippen LogP contribution is 2.23. The molecule has 0 radical (unpaired) electrons. The van der Waals surface area contributed by atoms with Crippen molar-refractivity contribution in [1.29, 1.82) is 0 Å². The second-order valence-electron chi connectivity index (χ2n) is 5.94. The molecular weight excluding hydrogens is 283 g/mol. The molecule has 0 aromatic heterocycles. The van der Waals surface area contributed by atoms with Gasteiger partial charge in [-0.25, -0.2) is 4.39 Å². The number of nitrogens with zero attached hydrogens (tertiary/aromatic N) is 1. The van der Waals surface area contributed by atoms with E-state index in [9.17, 15) is 4.39 Å². The second kappa shape index (κ2) is 9.31. The van der Waals surface area contributed by atoms with E-state index in [0.717, 1.165) is 30.8 Å². The van der Waals surface area contributed by atoms with Crippen molar-refractivity contribution in [3.63, 3.8) is 0 Å². The standard InChI is InChI=1S/C17H29FN2S/c1-6-15(12-21-5)20(4)17-8-7-14(9-16(17)18)11-19-10-13(2)3/h7-9,13,15,19H,6,10-12H2,1-5H3. The van der Waals surface area contributed by atoms with Crippen LogP contribution in [0.2, 0.25) is 0 Å². The average molecular weight is 312 g/mol. The highest BCUT2D eigenvalue weighted by molar-refractivity contribution is 7.98. The Morgan fingerprint density at radius 3 is 2.57 bits per heavy atom. The normalized spacial score (nSPS) is 12.7. The predicted molar refractivity (Wildman–Crippen MR) is 93.8 cm³/mol. The van der Waals surface area contributed by atoms with Crippen LogP contribution in [0.15, 0.2) is 18.2 Å². The van der Waals surface area contributed by atoms with Crippen molar-refractivity contribution in [2.45, 2.75) is 39.8 Å². The van der Waals surface area contributed by atoms with E-state index in [-0.39, 0.29) is 5.82 Å². The van der Waals surface area contributed by atoms with Gasteiger partial charge < -0.3 is 10.2 Å². The third-order valence-corrected chi connectivity index (χ3v) is 4.37. The number of halogens is 1. The molecule has 0 saturated carbocycles. The van der Waals surface area contributed by atoms with Gasteiger partial charge >= 0.3 is 0 Å². The molecule has 0 heterocycles. The summed E-state index contributed by atoms with van der Waals surface area (Å²) in [5, 5.41) is 3.35. The van der Waals surface area contributed by atoms with Gasteiger partial charge in [-0.3, -0.25) is 0 Å². The Morgan fingerprint density at radius 1 is 1.33 bits per heavy atom. The van der Waals surface area contributed by atoms with Crippen LogP contribution in [0.1, 0.15) is 32.8 Å². The molecule has 120 valence electrons. The lowest BCUT2D eigenvalue weighted by molar-refractivity contribution is 0.549. The van der Waals surface area contributed by atoms with E-state index in [1.807, 2.05) is 19.2 Å². The van der Waals surface area contributed by atoms with Crippen LogP contribution < -0.4 is 10.2 Å². The highest BCUT2D eigenvalue weighted by atomic mass is 32.2. The summed E-state index contributed by atoms with van der Waals surface area (Å²) in [6, 6.07) is 5.96. The first-order chi connectivity index (χ1) is 9.99. The van der Waals surface area contributed by atoms with Crippen molar-refractivity contribution < 1.29 is 4.39 Å². The van der Waals surface area contributed by atoms with E-state index in [2.05, 4.69) is 37.2 Å². The molecule has 21 heavy (non-hydrogen) atoms. The monoisotopic (exact) mass is 312 g/mol. The van der Waals surface area contributed by atoms with Gasteiger partial charge in [0.2, 0.25) is 0 Å². The topological polar surface area (TPSA) is 15.3 Å². The van der Waals surface area contributed by atoms with Crippen LogP contribution in [0.5, 0.6) is 0 Å².